The number of hydrogen-bond donors (Lipinski definition) is 0. The second-order valence-corrected chi connectivity index (χ2v) is 6.39. The van der Waals surface area contributed by atoms with Crippen molar-refractivity contribution in [3.05, 3.63) is 69.2 Å². The molecule has 0 atom stereocenters. The molecule has 1 heterocycles. The van der Waals surface area contributed by atoms with Gasteiger partial charge in [0, 0.05) is 11.0 Å². The van der Waals surface area contributed by atoms with Crippen LogP contribution in [0.3, 0.4) is 0 Å². The van der Waals surface area contributed by atoms with E-state index in [9.17, 15) is 4.79 Å². The lowest BCUT2D eigenvalue weighted by molar-refractivity contribution is 0.0917. The van der Waals surface area contributed by atoms with Gasteiger partial charge in [-0.15, -0.1) is 0 Å². The Balaban J connectivity index is 1.67. The molecule has 4 heteroatoms. The third-order valence-corrected chi connectivity index (χ3v) is 4.80. The molecule has 0 saturated heterocycles. The molecule has 0 fully saturated rings. The van der Waals surface area contributed by atoms with E-state index < -0.39 is 0 Å². The molecule has 2 aromatic carbocycles. The summed E-state index contributed by atoms with van der Waals surface area (Å²) >= 11 is 3.59. The first-order chi connectivity index (χ1) is 10.6. The van der Waals surface area contributed by atoms with E-state index in [2.05, 4.69) is 28.9 Å². The zero-order valence-electron chi connectivity index (χ0n) is 12.5. The Bertz CT molecular complexity index is 685. The molecule has 0 unspecified atom stereocenters. The number of halogens is 1. The molecule has 0 spiro atoms. The Morgan fingerprint density at radius 1 is 1.18 bits per heavy atom. The van der Waals surface area contributed by atoms with Crippen molar-refractivity contribution in [1.29, 1.82) is 0 Å². The smallest absolute Gasteiger partial charge is 0.410 e. The Hall–Kier alpha value is -1.81. The SMILES string of the molecule is Cc1ccc(Br)c2c1CCN(C(=O)OCc1ccccc1)C2. The predicted octanol–water partition coefficient (Wildman–Crippen LogP) is 4.45. The topological polar surface area (TPSA) is 29.5 Å². The summed E-state index contributed by atoms with van der Waals surface area (Å²) in [5.41, 5.74) is 4.84. The number of carbonyl (C=O) groups is 1. The van der Waals surface area contributed by atoms with Gasteiger partial charge in [0.2, 0.25) is 0 Å². The van der Waals surface area contributed by atoms with Crippen LogP contribution in [0.4, 0.5) is 4.79 Å². The highest BCUT2D eigenvalue weighted by atomic mass is 79.9. The maximum absolute atomic E-state index is 12.3. The number of carbonyl (C=O) groups excluding carboxylic acids is 1. The lowest BCUT2D eigenvalue weighted by Gasteiger charge is -2.30. The van der Waals surface area contributed by atoms with Crippen LogP contribution < -0.4 is 0 Å². The second-order valence-electron chi connectivity index (χ2n) is 5.53. The summed E-state index contributed by atoms with van der Waals surface area (Å²) in [6.45, 7) is 3.75. The van der Waals surface area contributed by atoms with Crippen molar-refractivity contribution in [3.63, 3.8) is 0 Å². The van der Waals surface area contributed by atoms with Crippen LogP contribution in [0.5, 0.6) is 0 Å². The van der Waals surface area contributed by atoms with Crippen molar-refractivity contribution >= 4 is 22.0 Å². The second kappa shape index (κ2) is 6.53. The number of amides is 1. The average molecular weight is 360 g/mol. The van der Waals surface area contributed by atoms with Gasteiger partial charge in [0.1, 0.15) is 6.61 Å². The van der Waals surface area contributed by atoms with Crippen molar-refractivity contribution in [2.75, 3.05) is 6.54 Å². The average Bonchev–Trinajstić information content (AvgIpc) is 2.57. The molecule has 2 aromatic rings. The molecule has 1 amide bonds. The molecule has 114 valence electrons. The number of benzene rings is 2. The Morgan fingerprint density at radius 2 is 1.95 bits per heavy atom. The Labute approximate surface area is 139 Å². The van der Waals surface area contributed by atoms with E-state index in [-0.39, 0.29) is 6.09 Å². The summed E-state index contributed by atoms with van der Waals surface area (Å²) in [6.07, 6.45) is 0.629. The third kappa shape index (κ3) is 3.17. The molecule has 22 heavy (non-hydrogen) atoms. The first-order valence-electron chi connectivity index (χ1n) is 7.37. The van der Waals surface area contributed by atoms with Gasteiger partial charge in [0.15, 0.2) is 0 Å². The lowest BCUT2D eigenvalue weighted by atomic mass is 9.95. The van der Waals surface area contributed by atoms with Gasteiger partial charge in [-0.3, -0.25) is 0 Å². The minimum absolute atomic E-state index is 0.247. The molecule has 0 aromatic heterocycles. The van der Waals surface area contributed by atoms with Crippen molar-refractivity contribution in [2.45, 2.75) is 26.5 Å². The molecule has 0 bridgehead atoms. The van der Waals surface area contributed by atoms with E-state index >= 15 is 0 Å². The van der Waals surface area contributed by atoms with Crippen LogP contribution in [-0.2, 0) is 24.3 Å². The van der Waals surface area contributed by atoms with Gasteiger partial charge in [0.25, 0.3) is 0 Å². The van der Waals surface area contributed by atoms with Crippen molar-refractivity contribution in [1.82, 2.24) is 4.90 Å². The number of aryl methyl sites for hydroxylation is 1. The zero-order valence-corrected chi connectivity index (χ0v) is 14.1. The van der Waals surface area contributed by atoms with Gasteiger partial charge in [-0.05, 0) is 41.7 Å². The summed E-state index contributed by atoms with van der Waals surface area (Å²) in [4.78, 5) is 14.0. The molecule has 3 rings (SSSR count). The zero-order chi connectivity index (χ0) is 15.5. The quantitative estimate of drug-likeness (QED) is 0.792. The van der Waals surface area contributed by atoms with Crippen LogP contribution >= 0.6 is 15.9 Å². The van der Waals surface area contributed by atoms with Gasteiger partial charge < -0.3 is 9.64 Å². The van der Waals surface area contributed by atoms with E-state index in [1.54, 1.807) is 4.90 Å². The van der Waals surface area contributed by atoms with Crippen LogP contribution in [0.25, 0.3) is 0 Å². The summed E-state index contributed by atoms with van der Waals surface area (Å²) in [7, 11) is 0. The van der Waals surface area contributed by atoms with Crippen molar-refractivity contribution < 1.29 is 9.53 Å². The molecule has 1 aliphatic heterocycles. The summed E-state index contributed by atoms with van der Waals surface area (Å²) < 4.78 is 6.49. The van der Waals surface area contributed by atoms with Crippen molar-refractivity contribution in [3.8, 4) is 0 Å². The number of rotatable bonds is 2. The Kier molecular flexibility index (Phi) is 4.48. The highest BCUT2D eigenvalue weighted by molar-refractivity contribution is 9.10. The highest BCUT2D eigenvalue weighted by Crippen LogP contribution is 2.29. The third-order valence-electron chi connectivity index (χ3n) is 4.05. The van der Waals surface area contributed by atoms with Gasteiger partial charge in [-0.1, -0.05) is 52.3 Å². The molecule has 0 N–H and O–H groups in total. The van der Waals surface area contributed by atoms with Crippen LogP contribution in [0.15, 0.2) is 46.9 Å². The van der Waals surface area contributed by atoms with Crippen LogP contribution in [0.2, 0.25) is 0 Å². The van der Waals surface area contributed by atoms with Gasteiger partial charge >= 0.3 is 6.09 Å². The summed E-state index contributed by atoms with van der Waals surface area (Å²) in [6, 6.07) is 13.9. The van der Waals surface area contributed by atoms with Gasteiger partial charge in [0.05, 0.1) is 6.54 Å². The molecule has 0 radical (unpaired) electrons. The largest absolute Gasteiger partial charge is 0.445 e. The van der Waals surface area contributed by atoms with Gasteiger partial charge in [-0.25, -0.2) is 4.79 Å². The van der Waals surface area contributed by atoms with Crippen LogP contribution in [0.1, 0.15) is 22.3 Å². The minimum atomic E-state index is -0.247. The number of hydrogen-bond acceptors (Lipinski definition) is 2. The first-order valence-corrected chi connectivity index (χ1v) is 8.17. The number of fused-ring (bicyclic) bond motifs is 1. The normalized spacial score (nSPS) is 13.6. The van der Waals surface area contributed by atoms with E-state index in [0.717, 1.165) is 16.5 Å². The van der Waals surface area contributed by atoms with Crippen LogP contribution in [-0.4, -0.2) is 17.5 Å². The molecule has 1 aliphatic rings. The number of ether oxygens (including phenoxy) is 1. The molecule has 0 aliphatic carbocycles. The standard InChI is InChI=1S/C18H18BrNO2/c1-13-7-8-17(19)16-11-20(10-9-15(13)16)18(21)22-12-14-5-3-2-4-6-14/h2-8H,9-12H2,1H3. The molecule has 0 saturated carbocycles. The van der Waals surface area contributed by atoms with Gasteiger partial charge in [-0.2, -0.15) is 0 Å². The monoisotopic (exact) mass is 359 g/mol. The maximum atomic E-state index is 12.3. The fourth-order valence-corrected chi connectivity index (χ4v) is 3.28. The lowest BCUT2D eigenvalue weighted by Crippen LogP contribution is -2.36. The van der Waals surface area contributed by atoms with E-state index in [0.29, 0.717) is 19.7 Å². The number of nitrogens with zero attached hydrogens (tertiary/aromatic N) is 1. The van der Waals surface area contributed by atoms with E-state index in [1.807, 2.05) is 36.4 Å². The van der Waals surface area contributed by atoms with Crippen molar-refractivity contribution in [2.24, 2.45) is 0 Å². The van der Waals surface area contributed by atoms with Crippen LogP contribution in [0, 0.1) is 6.92 Å². The first kappa shape index (κ1) is 15.1. The fraction of sp³-hybridized carbons (Fsp3) is 0.278. The van der Waals surface area contributed by atoms with E-state index in [1.165, 1.54) is 16.7 Å². The predicted molar refractivity (Wildman–Crippen MR) is 89.6 cm³/mol. The summed E-state index contributed by atoms with van der Waals surface area (Å²) in [5, 5.41) is 0. The Morgan fingerprint density at radius 3 is 2.73 bits per heavy atom. The highest BCUT2D eigenvalue weighted by Gasteiger charge is 2.24. The minimum Gasteiger partial charge on any atom is -0.445 e. The fourth-order valence-electron chi connectivity index (χ4n) is 2.78. The summed E-state index contributed by atoms with van der Waals surface area (Å²) in [5.74, 6) is 0. The molecule has 3 nitrogen and oxygen atoms in total. The molecular weight excluding hydrogens is 342 g/mol. The maximum Gasteiger partial charge on any atom is 0.410 e. The molecular formula is C18H18BrNO2. The van der Waals surface area contributed by atoms with E-state index in [4.69, 9.17) is 4.74 Å².